The lowest BCUT2D eigenvalue weighted by atomic mass is 10.1. The molecule has 0 atom stereocenters. The first-order valence-corrected chi connectivity index (χ1v) is 7.26. The van der Waals surface area contributed by atoms with Gasteiger partial charge in [0.1, 0.15) is 0 Å². The van der Waals surface area contributed by atoms with Crippen molar-refractivity contribution in [2.24, 2.45) is 0 Å². The molecule has 0 unspecified atom stereocenters. The van der Waals surface area contributed by atoms with Gasteiger partial charge in [0.15, 0.2) is 0 Å². The summed E-state index contributed by atoms with van der Waals surface area (Å²) >= 11 is 0. The number of aromatic nitrogens is 1. The van der Waals surface area contributed by atoms with E-state index in [1.807, 2.05) is 13.8 Å². The lowest BCUT2D eigenvalue weighted by Crippen LogP contribution is -2.30. The number of benzene rings is 1. The van der Waals surface area contributed by atoms with Crippen molar-refractivity contribution in [3.63, 3.8) is 0 Å². The monoisotopic (exact) mass is 297 g/mol. The number of rotatable bonds is 5. The van der Waals surface area contributed by atoms with E-state index in [0.717, 1.165) is 0 Å². The first-order valence-electron chi connectivity index (χ1n) is 7.26. The fourth-order valence-electron chi connectivity index (χ4n) is 2.12. The standard InChI is InChI=1S/C17H19N3O2/c1-3-20(4-2)17(22)13-7-5-9-15(11-13)19-16(21)14-8-6-10-18-12-14/h5-12H,3-4H2,1-2H3,(H,19,21). The Morgan fingerprint density at radius 3 is 2.45 bits per heavy atom. The summed E-state index contributed by atoms with van der Waals surface area (Å²) in [6, 6.07) is 10.3. The van der Waals surface area contributed by atoms with E-state index >= 15 is 0 Å². The summed E-state index contributed by atoms with van der Waals surface area (Å²) in [5, 5.41) is 2.78. The molecule has 114 valence electrons. The number of anilines is 1. The summed E-state index contributed by atoms with van der Waals surface area (Å²) in [5.74, 6) is -0.289. The molecule has 5 nitrogen and oxygen atoms in total. The van der Waals surface area contributed by atoms with E-state index in [2.05, 4.69) is 10.3 Å². The largest absolute Gasteiger partial charge is 0.339 e. The first kappa shape index (κ1) is 15.7. The van der Waals surface area contributed by atoms with Gasteiger partial charge in [-0.3, -0.25) is 14.6 Å². The molecule has 1 N–H and O–H groups in total. The molecular formula is C17H19N3O2. The minimum absolute atomic E-state index is 0.0394. The van der Waals surface area contributed by atoms with Crippen LogP contribution in [0.25, 0.3) is 0 Å². The Morgan fingerprint density at radius 1 is 1.09 bits per heavy atom. The average Bonchev–Trinajstić information content (AvgIpc) is 2.57. The van der Waals surface area contributed by atoms with Gasteiger partial charge in [0.2, 0.25) is 0 Å². The number of hydrogen-bond donors (Lipinski definition) is 1. The lowest BCUT2D eigenvalue weighted by Gasteiger charge is -2.19. The molecule has 0 radical (unpaired) electrons. The van der Waals surface area contributed by atoms with E-state index in [-0.39, 0.29) is 11.8 Å². The van der Waals surface area contributed by atoms with Crippen LogP contribution in [-0.4, -0.2) is 34.8 Å². The first-order chi connectivity index (χ1) is 10.7. The number of carbonyl (C=O) groups is 2. The second-order valence-electron chi connectivity index (χ2n) is 4.75. The van der Waals surface area contributed by atoms with Crippen molar-refractivity contribution in [2.75, 3.05) is 18.4 Å². The summed E-state index contributed by atoms with van der Waals surface area (Å²) in [4.78, 5) is 30.1. The van der Waals surface area contributed by atoms with Crippen LogP contribution in [0.4, 0.5) is 5.69 Å². The third kappa shape index (κ3) is 3.69. The van der Waals surface area contributed by atoms with Crippen LogP contribution in [-0.2, 0) is 0 Å². The third-order valence-corrected chi connectivity index (χ3v) is 3.34. The topological polar surface area (TPSA) is 62.3 Å². The molecule has 1 aromatic carbocycles. The van der Waals surface area contributed by atoms with Gasteiger partial charge in [-0.25, -0.2) is 0 Å². The molecule has 2 rings (SSSR count). The normalized spacial score (nSPS) is 10.1. The number of hydrogen-bond acceptors (Lipinski definition) is 3. The van der Waals surface area contributed by atoms with Crippen molar-refractivity contribution in [1.29, 1.82) is 0 Å². The molecule has 1 heterocycles. The van der Waals surface area contributed by atoms with Gasteiger partial charge in [-0.15, -0.1) is 0 Å². The summed E-state index contributed by atoms with van der Waals surface area (Å²) in [6.45, 7) is 5.19. The summed E-state index contributed by atoms with van der Waals surface area (Å²) < 4.78 is 0. The molecule has 0 bridgehead atoms. The zero-order chi connectivity index (χ0) is 15.9. The Kier molecular flexibility index (Phi) is 5.25. The number of carbonyl (C=O) groups excluding carboxylic acids is 2. The van der Waals surface area contributed by atoms with E-state index in [9.17, 15) is 9.59 Å². The van der Waals surface area contributed by atoms with Gasteiger partial charge in [0.25, 0.3) is 11.8 Å². The van der Waals surface area contributed by atoms with Crippen LogP contribution >= 0.6 is 0 Å². The van der Waals surface area contributed by atoms with Crippen LogP contribution in [0.3, 0.4) is 0 Å². The fourth-order valence-corrected chi connectivity index (χ4v) is 2.12. The van der Waals surface area contributed by atoms with E-state index in [1.54, 1.807) is 47.5 Å². The highest BCUT2D eigenvalue weighted by Crippen LogP contribution is 2.14. The number of amides is 2. The highest BCUT2D eigenvalue weighted by molar-refractivity contribution is 6.04. The highest BCUT2D eigenvalue weighted by Gasteiger charge is 2.13. The number of nitrogens with zero attached hydrogens (tertiary/aromatic N) is 2. The maximum absolute atomic E-state index is 12.3. The van der Waals surface area contributed by atoms with Gasteiger partial charge in [-0.2, -0.15) is 0 Å². The number of pyridine rings is 1. The molecule has 0 saturated heterocycles. The zero-order valence-electron chi connectivity index (χ0n) is 12.7. The van der Waals surface area contributed by atoms with Gasteiger partial charge in [-0.05, 0) is 44.2 Å². The van der Waals surface area contributed by atoms with E-state index < -0.39 is 0 Å². The molecule has 1 aromatic heterocycles. The summed E-state index contributed by atoms with van der Waals surface area (Å²) in [6.07, 6.45) is 3.11. The maximum Gasteiger partial charge on any atom is 0.257 e. The lowest BCUT2D eigenvalue weighted by molar-refractivity contribution is 0.0772. The van der Waals surface area contributed by atoms with Crippen molar-refractivity contribution < 1.29 is 9.59 Å². The number of nitrogens with one attached hydrogen (secondary N) is 1. The minimum Gasteiger partial charge on any atom is -0.339 e. The molecule has 5 heteroatoms. The van der Waals surface area contributed by atoms with Crippen LogP contribution < -0.4 is 5.32 Å². The Labute approximate surface area is 130 Å². The predicted octanol–water partition coefficient (Wildman–Crippen LogP) is 2.82. The molecular weight excluding hydrogens is 278 g/mol. The minimum atomic E-state index is -0.250. The fraction of sp³-hybridized carbons (Fsp3) is 0.235. The van der Waals surface area contributed by atoms with Crippen molar-refractivity contribution in [3.05, 3.63) is 59.9 Å². The molecule has 0 fully saturated rings. The van der Waals surface area contributed by atoms with E-state index in [4.69, 9.17) is 0 Å². The van der Waals surface area contributed by atoms with Gasteiger partial charge < -0.3 is 10.2 Å². The van der Waals surface area contributed by atoms with Gasteiger partial charge in [0.05, 0.1) is 5.56 Å². The van der Waals surface area contributed by atoms with Crippen LogP contribution in [0.2, 0.25) is 0 Å². The Balaban J connectivity index is 2.15. The SMILES string of the molecule is CCN(CC)C(=O)c1cccc(NC(=O)c2cccnc2)c1. The second-order valence-corrected chi connectivity index (χ2v) is 4.75. The van der Waals surface area contributed by atoms with Gasteiger partial charge in [0, 0.05) is 36.7 Å². The van der Waals surface area contributed by atoms with E-state index in [1.165, 1.54) is 6.20 Å². The molecule has 2 amide bonds. The third-order valence-electron chi connectivity index (χ3n) is 3.34. The van der Waals surface area contributed by atoms with Gasteiger partial charge >= 0.3 is 0 Å². The van der Waals surface area contributed by atoms with Gasteiger partial charge in [-0.1, -0.05) is 6.07 Å². The smallest absolute Gasteiger partial charge is 0.257 e. The van der Waals surface area contributed by atoms with Crippen molar-refractivity contribution in [2.45, 2.75) is 13.8 Å². The Hall–Kier alpha value is -2.69. The average molecular weight is 297 g/mol. The van der Waals surface area contributed by atoms with Crippen LogP contribution in [0, 0.1) is 0 Å². The molecule has 0 spiro atoms. The molecule has 0 saturated carbocycles. The van der Waals surface area contributed by atoms with Crippen LogP contribution in [0.15, 0.2) is 48.8 Å². The summed E-state index contributed by atoms with van der Waals surface area (Å²) in [5.41, 5.74) is 1.63. The Bertz CT molecular complexity index is 652. The maximum atomic E-state index is 12.3. The molecule has 0 aliphatic rings. The zero-order valence-corrected chi connectivity index (χ0v) is 12.7. The highest BCUT2D eigenvalue weighted by atomic mass is 16.2. The van der Waals surface area contributed by atoms with Crippen molar-refractivity contribution in [1.82, 2.24) is 9.88 Å². The van der Waals surface area contributed by atoms with Crippen LogP contribution in [0.1, 0.15) is 34.6 Å². The van der Waals surface area contributed by atoms with E-state index in [0.29, 0.717) is 29.9 Å². The molecule has 2 aromatic rings. The summed E-state index contributed by atoms with van der Waals surface area (Å²) in [7, 11) is 0. The predicted molar refractivity (Wildman–Crippen MR) is 85.9 cm³/mol. The van der Waals surface area contributed by atoms with Crippen molar-refractivity contribution >= 4 is 17.5 Å². The molecule has 0 aliphatic heterocycles. The molecule has 22 heavy (non-hydrogen) atoms. The quantitative estimate of drug-likeness (QED) is 0.923. The van der Waals surface area contributed by atoms with Crippen molar-refractivity contribution in [3.8, 4) is 0 Å². The second kappa shape index (κ2) is 7.36. The molecule has 0 aliphatic carbocycles. The van der Waals surface area contributed by atoms with Crippen LogP contribution in [0.5, 0.6) is 0 Å². The Morgan fingerprint density at radius 2 is 1.82 bits per heavy atom.